The van der Waals surface area contributed by atoms with Crippen molar-refractivity contribution in [3.05, 3.63) is 56.0 Å². The maximum atomic E-state index is 13.0. The van der Waals surface area contributed by atoms with Gasteiger partial charge in [0.05, 0.1) is 10.0 Å². The summed E-state index contributed by atoms with van der Waals surface area (Å²) in [7, 11) is 0. The quantitative estimate of drug-likeness (QED) is 0.521. The van der Waals surface area contributed by atoms with Crippen LogP contribution in [0.2, 0.25) is 20.1 Å². The average molecular weight is 342 g/mol. The molecule has 0 atom stereocenters. The van der Waals surface area contributed by atoms with Crippen LogP contribution in [0.3, 0.4) is 0 Å². The van der Waals surface area contributed by atoms with Crippen molar-refractivity contribution in [1.82, 2.24) is 0 Å². The van der Waals surface area contributed by atoms with Crippen LogP contribution in [0, 0.1) is 0 Å². The summed E-state index contributed by atoms with van der Waals surface area (Å²) in [6, 6.07) is 6.99. The molecule has 0 fully saturated rings. The zero-order chi connectivity index (χ0) is 14.2. The van der Waals surface area contributed by atoms with Gasteiger partial charge in [0.25, 0.3) is 6.43 Å². The monoisotopic (exact) mass is 340 g/mol. The second kappa shape index (κ2) is 5.84. The topological polar surface area (TPSA) is 0 Å². The summed E-state index contributed by atoms with van der Waals surface area (Å²) in [5.41, 5.74) is 0.374. The molecule has 0 N–H and O–H groups in total. The first-order valence-corrected chi connectivity index (χ1v) is 6.64. The SMILES string of the molecule is FC(F)c1ccc(Cl)cc1-c1cc(Cl)cc(Cl)c1Cl. The second-order valence-electron chi connectivity index (χ2n) is 3.78. The van der Waals surface area contributed by atoms with Crippen molar-refractivity contribution in [2.24, 2.45) is 0 Å². The van der Waals surface area contributed by atoms with Gasteiger partial charge in [0.15, 0.2) is 0 Å². The number of rotatable bonds is 2. The molecule has 100 valence electrons. The van der Waals surface area contributed by atoms with Crippen LogP contribution in [-0.2, 0) is 0 Å². The minimum atomic E-state index is -2.65. The van der Waals surface area contributed by atoms with Crippen LogP contribution in [0.4, 0.5) is 8.78 Å². The first-order valence-electron chi connectivity index (χ1n) is 5.12. The normalized spacial score (nSPS) is 11.1. The van der Waals surface area contributed by atoms with Crippen molar-refractivity contribution in [2.75, 3.05) is 0 Å². The summed E-state index contributed by atoms with van der Waals surface area (Å²) >= 11 is 23.7. The van der Waals surface area contributed by atoms with Crippen LogP contribution in [-0.4, -0.2) is 0 Å². The lowest BCUT2D eigenvalue weighted by Crippen LogP contribution is -1.91. The Bertz CT molecular complexity index is 626. The molecule has 0 saturated carbocycles. The van der Waals surface area contributed by atoms with Crippen LogP contribution in [0.15, 0.2) is 30.3 Å². The zero-order valence-electron chi connectivity index (χ0n) is 9.23. The molecule has 0 heterocycles. The van der Waals surface area contributed by atoms with Crippen LogP contribution < -0.4 is 0 Å². The molecule has 2 aromatic carbocycles. The molecule has 0 aliphatic heterocycles. The smallest absolute Gasteiger partial charge is 0.205 e. The third-order valence-corrected chi connectivity index (χ3v) is 3.79. The number of alkyl halides is 2. The maximum Gasteiger partial charge on any atom is 0.264 e. The molecular formula is C13H6Cl4F2. The first kappa shape index (κ1) is 14.9. The van der Waals surface area contributed by atoms with Crippen molar-refractivity contribution in [1.29, 1.82) is 0 Å². The van der Waals surface area contributed by atoms with Gasteiger partial charge in [-0.3, -0.25) is 0 Å². The summed E-state index contributed by atoms with van der Waals surface area (Å²) in [5.74, 6) is 0. The third-order valence-electron chi connectivity index (χ3n) is 2.53. The Morgan fingerprint density at radius 2 is 1.42 bits per heavy atom. The predicted octanol–water partition coefficient (Wildman–Crippen LogP) is 6.90. The van der Waals surface area contributed by atoms with Gasteiger partial charge in [0.2, 0.25) is 0 Å². The molecule has 2 rings (SSSR count). The van der Waals surface area contributed by atoms with Gasteiger partial charge in [0, 0.05) is 21.2 Å². The van der Waals surface area contributed by atoms with Crippen LogP contribution >= 0.6 is 46.4 Å². The molecule has 0 bridgehead atoms. The minimum absolute atomic E-state index is 0.162. The summed E-state index contributed by atoms with van der Waals surface area (Å²) in [4.78, 5) is 0. The Labute approximate surface area is 128 Å². The highest BCUT2D eigenvalue weighted by atomic mass is 35.5. The number of halogens is 6. The molecule has 0 radical (unpaired) electrons. The van der Waals surface area contributed by atoms with E-state index in [2.05, 4.69) is 0 Å². The lowest BCUT2D eigenvalue weighted by Gasteiger charge is -2.12. The van der Waals surface area contributed by atoms with E-state index in [1.807, 2.05) is 0 Å². The van der Waals surface area contributed by atoms with Crippen LogP contribution in [0.5, 0.6) is 0 Å². The van der Waals surface area contributed by atoms with Gasteiger partial charge in [-0.15, -0.1) is 0 Å². The van der Waals surface area contributed by atoms with Crippen molar-refractivity contribution in [2.45, 2.75) is 6.43 Å². The van der Waals surface area contributed by atoms with Gasteiger partial charge in [-0.05, 0) is 29.8 Å². The maximum absolute atomic E-state index is 13.0. The molecule has 0 spiro atoms. The van der Waals surface area contributed by atoms with E-state index < -0.39 is 6.43 Å². The van der Waals surface area contributed by atoms with Crippen LogP contribution in [0.25, 0.3) is 11.1 Å². The fourth-order valence-corrected chi connectivity index (χ4v) is 2.58. The molecular weight excluding hydrogens is 336 g/mol. The summed E-state index contributed by atoms with van der Waals surface area (Å²) in [6.07, 6.45) is -2.65. The average Bonchev–Trinajstić information content (AvgIpc) is 2.33. The molecule has 6 heteroatoms. The van der Waals surface area contributed by atoms with Gasteiger partial charge >= 0.3 is 0 Å². The van der Waals surface area contributed by atoms with E-state index in [1.54, 1.807) is 0 Å². The van der Waals surface area contributed by atoms with Gasteiger partial charge in [-0.25, -0.2) is 8.78 Å². The fourth-order valence-electron chi connectivity index (χ4n) is 1.70. The molecule has 19 heavy (non-hydrogen) atoms. The highest BCUT2D eigenvalue weighted by molar-refractivity contribution is 6.45. The third kappa shape index (κ3) is 3.14. The lowest BCUT2D eigenvalue weighted by atomic mass is 10.00. The molecule has 2 aromatic rings. The molecule has 0 nitrogen and oxygen atoms in total. The van der Waals surface area contributed by atoms with E-state index in [1.165, 1.54) is 30.3 Å². The number of benzene rings is 2. The molecule has 0 unspecified atom stereocenters. The van der Waals surface area contributed by atoms with E-state index in [0.717, 1.165) is 0 Å². The number of hydrogen-bond acceptors (Lipinski definition) is 0. The van der Waals surface area contributed by atoms with Gasteiger partial charge < -0.3 is 0 Å². The highest BCUT2D eigenvalue weighted by Crippen LogP contribution is 2.41. The van der Waals surface area contributed by atoms with E-state index >= 15 is 0 Å². The Morgan fingerprint density at radius 3 is 2.05 bits per heavy atom. The Kier molecular flexibility index (Phi) is 4.57. The predicted molar refractivity (Wildman–Crippen MR) is 76.9 cm³/mol. The van der Waals surface area contributed by atoms with Gasteiger partial charge in [-0.1, -0.05) is 52.5 Å². The van der Waals surface area contributed by atoms with Crippen molar-refractivity contribution >= 4 is 46.4 Å². The van der Waals surface area contributed by atoms with E-state index in [4.69, 9.17) is 46.4 Å². The van der Waals surface area contributed by atoms with Gasteiger partial charge in [-0.2, -0.15) is 0 Å². The Hall–Kier alpha value is -0.540. The van der Waals surface area contributed by atoms with Crippen LogP contribution in [0.1, 0.15) is 12.0 Å². The standard InChI is InChI=1S/C13H6Cl4F2/c14-6-1-2-8(13(18)19)9(3-6)10-4-7(15)5-11(16)12(10)17/h1-5,13H. The minimum Gasteiger partial charge on any atom is -0.205 e. The van der Waals surface area contributed by atoms with E-state index in [0.29, 0.717) is 15.6 Å². The highest BCUT2D eigenvalue weighted by Gasteiger charge is 2.18. The molecule has 0 saturated heterocycles. The Balaban J connectivity index is 2.74. The van der Waals surface area contributed by atoms with E-state index in [9.17, 15) is 8.78 Å². The summed E-state index contributed by atoms with van der Waals surface area (Å²) < 4.78 is 26.1. The largest absolute Gasteiger partial charge is 0.264 e. The van der Waals surface area contributed by atoms with E-state index in [-0.39, 0.29) is 21.2 Å². The molecule has 0 aromatic heterocycles. The van der Waals surface area contributed by atoms with Crippen molar-refractivity contribution < 1.29 is 8.78 Å². The molecule has 0 aliphatic carbocycles. The Morgan fingerprint density at radius 1 is 0.789 bits per heavy atom. The van der Waals surface area contributed by atoms with Crippen molar-refractivity contribution in [3.8, 4) is 11.1 Å². The molecule has 0 aliphatic rings. The van der Waals surface area contributed by atoms with Crippen molar-refractivity contribution in [3.63, 3.8) is 0 Å². The number of hydrogen-bond donors (Lipinski definition) is 0. The zero-order valence-corrected chi connectivity index (χ0v) is 12.3. The molecule has 0 amide bonds. The fraction of sp³-hybridized carbons (Fsp3) is 0.0769. The second-order valence-corrected chi connectivity index (χ2v) is 5.44. The summed E-state index contributed by atoms with van der Waals surface area (Å²) in [5, 5.41) is 0.996. The first-order chi connectivity index (χ1) is 8.90. The summed E-state index contributed by atoms with van der Waals surface area (Å²) in [6.45, 7) is 0. The van der Waals surface area contributed by atoms with Gasteiger partial charge in [0.1, 0.15) is 0 Å². The lowest BCUT2D eigenvalue weighted by molar-refractivity contribution is 0.152.